The zero-order valence-corrected chi connectivity index (χ0v) is 13.5. The molecule has 1 saturated heterocycles. The molecule has 0 bridgehead atoms. The Morgan fingerprint density at radius 3 is 2.50 bits per heavy atom. The summed E-state index contributed by atoms with van der Waals surface area (Å²) in [4.78, 5) is 2.68. The maximum Gasteiger partial charge on any atom is 0.0177 e. The maximum atomic E-state index is 3.56. The van der Waals surface area contributed by atoms with Crippen molar-refractivity contribution in [3.8, 4) is 0 Å². The van der Waals surface area contributed by atoms with Crippen molar-refractivity contribution in [1.82, 2.24) is 10.2 Å². The van der Waals surface area contributed by atoms with Gasteiger partial charge >= 0.3 is 0 Å². The van der Waals surface area contributed by atoms with Crippen LogP contribution in [0.5, 0.6) is 0 Å². The van der Waals surface area contributed by atoms with Crippen molar-refractivity contribution in [2.45, 2.75) is 45.6 Å². The number of rotatable bonds is 6. The molecular weight excluding hydrogens is 244 g/mol. The third-order valence-electron chi connectivity index (χ3n) is 4.70. The fourth-order valence-electron chi connectivity index (χ4n) is 3.55. The highest BCUT2D eigenvalue weighted by Gasteiger charge is 2.34. The molecule has 0 aliphatic carbocycles. The van der Waals surface area contributed by atoms with E-state index in [2.05, 4.69) is 68.2 Å². The normalized spacial score (nSPS) is 26.6. The van der Waals surface area contributed by atoms with Crippen molar-refractivity contribution in [1.29, 1.82) is 0 Å². The van der Waals surface area contributed by atoms with Crippen LogP contribution in [-0.2, 0) is 5.41 Å². The van der Waals surface area contributed by atoms with Gasteiger partial charge < -0.3 is 5.32 Å². The minimum Gasteiger partial charge on any atom is -0.316 e. The molecule has 112 valence electrons. The molecule has 1 N–H and O–H groups in total. The van der Waals surface area contributed by atoms with E-state index < -0.39 is 0 Å². The van der Waals surface area contributed by atoms with E-state index in [1.165, 1.54) is 18.5 Å². The van der Waals surface area contributed by atoms with Crippen molar-refractivity contribution < 1.29 is 0 Å². The smallest absolute Gasteiger partial charge is 0.0177 e. The summed E-state index contributed by atoms with van der Waals surface area (Å²) in [5, 5.41) is 3.56. The summed E-state index contributed by atoms with van der Waals surface area (Å²) in [7, 11) is 0. The van der Waals surface area contributed by atoms with Gasteiger partial charge in [0.25, 0.3) is 0 Å². The van der Waals surface area contributed by atoms with Crippen LogP contribution in [0.25, 0.3) is 0 Å². The molecule has 3 atom stereocenters. The van der Waals surface area contributed by atoms with E-state index in [-0.39, 0.29) is 5.41 Å². The number of nitrogens with zero attached hydrogens (tertiary/aromatic N) is 1. The SMILES string of the molecule is CCNCC(C)(CN1CC(C)CC1C)c1ccccc1. The molecule has 20 heavy (non-hydrogen) atoms. The summed E-state index contributed by atoms with van der Waals surface area (Å²) in [6.07, 6.45) is 1.34. The molecule has 1 aromatic rings. The zero-order valence-electron chi connectivity index (χ0n) is 13.5. The van der Waals surface area contributed by atoms with Gasteiger partial charge in [0.05, 0.1) is 0 Å². The number of hydrogen-bond donors (Lipinski definition) is 1. The lowest BCUT2D eigenvalue weighted by Crippen LogP contribution is -2.46. The molecule has 0 radical (unpaired) electrons. The zero-order chi connectivity index (χ0) is 14.6. The van der Waals surface area contributed by atoms with E-state index in [1.54, 1.807) is 0 Å². The first kappa shape index (κ1) is 15.5. The number of nitrogens with one attached hydrogen (secondary N) is 1. The molecule has 2 nitrogen and oxygen atoms in total. The number of hydrogen-bond acceptors (Lipinski definition) is 2. The van der Waals surface area contributed by atoms with Gasteiger partial charge in [-0.2, -0.15) is 0 Å². The summed E-state index contributed by atoms with van der Waals surface area (Å²) >= 11 is 0. The summed E-state index contributed by atoms with van der Waals surface area (Å²) in [6.45, 7) is 13.8. The predicted octanol–water partition coefficient (Wildman–Crippen LogP) is 3.28. The summed E-state index contributed by atoms with van der Waals surface area (Å²) in [6, 6.07) is 11.7. The monoisotopic (exact) mass is 274 g/mol. The maximum absolute atomic E-state index is 3.56. The molecule has 0 spiro atoms. The Hall–Kier alpha value is -0.860. The Morgan fingerprint density at radius 1 is 1.25 bits per heavy atom. The van der Waals surface area contributed by atoms with Crippen molar-refractivity contribution in [3.63, 3.8) is 0 Å². The van der Waals surface area contributed by atoms with Gasteiger partial charge in [0.15, 0.2) is 0 Å². The fraction of sp³-hybridized carbons (Fsp3) is 0.667. The van der Waals surface area contributed by atoms with Crippen LogP contribution in [0.3, 0.4) is 0 Å². The molecule has 0 amide bonds. The highest BCUT2D eigenvalue weighted by atomic mass is 15.2. The van der Waals surface area contributed by atoms with Crippen LogP contribution in [0.2, 0.25) is 0 Å². The largest absolute Gasteiger partial charge is 0.316 e. The Morgan fingerprint density at radius 2 is 1.95 bits per heavy atom. The molecule has 1 fully saturated rings. The van der Waals surface area contributed by atoms with Crippen LogP contribution >= 0.6 is 0 Å². The van der Waals surface area contributed by atoms with Crippen LogP contribution in [0.1, 0.15) is 39.7 Å². The third kappa shape index (κ3) is 3.62. The molecule has 1 aliphatic heterocycles. The van der Waals surface area contributed by atoms with Crippen LogP contribution in [0.4, 0.5) is 0 Å². The minimum absolute atomic E-state index is 0.190. The molecule has 3 unspecified atom stereocenters. The van der Waals surface area contributed by atoms with E-state index in [0.717, 1.165) is 31.6 Å². The average Bonchev–Trinajstić information content (AvgIpc) is 2.75. The van der Waals surface area contributed by atoms with E-state index in [0.29, 0.717) is 0 Å². The van der Waals surface area contributed by atoms with Crippen molar-refractivity contribution in [2.24, 2.45) is 5.92 Å². The van der Waals surface area contributed by atoms with Crippen LogP contribution in [0.15, 0.2) is 30.3 Å². The Balaban J connectivity index is 2.15. The van der Waals surface area contributed by atoms with Crippen LogP contribution < -0.4 is 5.32 Å². The standard InChI is InChI=1S/C18H30N2/c1-5-19-13-18(4,17-9-7-6-8-10-17)14-20-12-15(2)11-16(20)3/h6-10,15-16,19H,5,11-14H2,1-4H3. The lowest BCUT2D eigenvalue weighted by Gasteiger charge is -2.36. The topological polar surface area (TPSA) is 15.3 Å². The quantitative estimate of drug-likeness (QED) is 0.856. The Bertz CT molecular complexity index is 403. The van der Waals surface area contributed by atoms with Gasteiger partial charge in [-0.05, 0) is 31.4 Å². The third-order valence-corrected chi connectivity index (χ3v) is 4.70. The molecule has 1 aliphatic rings. The molecule has 1 heterocycles. The summed E-state index contributed by atoms with van der Waals surface area (Å²) in [5.41, 5.74) is 1.64. The van der Waals surface area contributed by atoms with Gasteiger partial charge in [-0.3, -0.25) is 4.90 Å². The lowest BCUT2D eigenvalue weighted by atomic mass is 9.81. The highest BCUT2D eigenvalue weighted by molar-refractivity contribution is 5.26. The molecular formula is C18H30N2. The molecule has 0 aromatic heterocycles. The number of likely N-dealkylation sites (tertiary alicyclic amines) is 1. The molecule has 1 aromatic carbocycles. The molecule has 0 saturated carbocycles. The lowest BCUT2D eigenvalue weighted by molar-refractivity contribution is 0.203. The summed E-state index contributed by atoms with van der Waals surface area (Å²) in [5.74, 6) is 0.837. The molecule has 2 heteroatoms. The second-order valence-corrected chi connectivity index (χ2v) is 6.83. The van der Waals surface area contributed by atoms with Crippen molar-refractivity contribution >= 4 is 0 Å². The van der Waals surface area contributed by atoms with E-state index in [9.17, 15) is 0 Å². The van der Waals surface area contributed by atoms with Crippen LogP contribution in [-0.4, -0.2) is 37.1 Å². The first-order chi connectivity index (χ1) is 9.55. The number of likely N-dealkylation sites (N-methyl/N-ethyl adjacent to an activating group) is 1. The first-order valence-corrected chi connectivity index (χ1v) is 8.05. The predicted molar refractivity (Wildman–Crippen MR) is 87.2 cm³/mol. The Kier molecular flexibility index (Phi) is 5.22. The van der Waals surface area contributed by atoms with Gasteiger partial charge in [0.1, 0.15) is 0 Å². The second kappa shape index (κ2) is 6.73. The van der Waals surface area contributed by atoms with E-state index in [4.69, 9.17) is 0 Å². The van der Waals surface area contributed by atoms with E-state index >= 15 is 0 Å². The van der Waals surface area contributed by atoms with Crippen molar-refractivity contribution in [2.75, 3.05) is 26.2 Å². The van der Waals surface area contributed by atoms with E-state index in [1.807, 2.05) is 0 Å². The van der Waals surface area contributed by atoms with Gasteiger partial charge in [0.2, 0.25) is 0 Å². The average molecular weight is 274 g/mol. The van der Waals surface area contributed by atoms with Crippen molar-refractivity contribution in [3.05, 3.63) is 35.9 Å². The van der Waals surface area contributed by atoms with Crippen LogP contribution in [0, 0.1) is 5.92 Å². The van der Waals surface area contributed by atoms with Gasteiger partial charge in [-0.15, -0.1) is 0 Å². The first-order valence-electron chi connectivity index (χ1n) is 8.05. The molecule has 2 rings (SSSR count). The highest BCUT2D eigenvalue weighted by Crippen LogP contribution is 2.30. The minimum atomic E-state index is 0.190. The van der Waals surface area contributed by atoms with Gasteiger partial charge in [-0.1, -0.05) is 51.1 Å². The fourth-order valence-corrected chi connectivity index (χ4v) is 3.55. The van der Waals surface area contributed by atoms with Gasteiger partial charge in [0, 0.05) is 31.1 Å². The number of benzene rings is 1. The summed E-state index contributed by atoms with van der Waals surface area (Å²) < 4.78 is 0. The second-order valence-electron chi connectivity index (χ2n) is 6.83. The van der Waals surface area contributed by atoms with Gasteiger partial charge in [-0.25, -0.2) is 0 Å². The Labute approximate surface area is 124 Å².